The van der Waals surface area contributed by atoms with Crippen molar-refractivity contribution in [1.82, 2.24) is 15.5 Å². The predicted octanol–water partition coefficient (Wildman–Crippen LogP) is 2.48. The van der Waals surface area contributed by atoms with Gasteiger partial charge in [-0.3, -0.25) is 9.59 Å². The van der Waals surface area contributed by atoms with Gasteiger partial charge in [-0.25, -0.2) is 0 Å². The molecule has 2 atom stereocenters. The molecule has 1 heterocycles. The zero-order valence-electron chi connectivity index (χ0n) is 15.6. The molecule has 0 aromatic heterocycles. The highest BCUT2D eigenvalue weighted by Gasteiger charge is 2.35. The number of carbonyl (C=O) groups is 2. The largest absolute Gasteiger partial charge is 0.353 e. The molecule has 1 aliphatic heterocycles. The van der Waals surface area contributed by atoms with E-state index in [0.717, 1.165) is 51.6 Å². The highest BCUT2D eigenvalue weighted by molar-refractivity contribution is 5.85. The molecule has 25 heavy (non-hydrogen) atoms. The van der Waals surface area contributed by atoms with Crippen molar-refractivity contribution in [2.24, 2.45) is 11.8 Å². The second-order valence-electron chi connectivity index (χ2n) is 8.05. The van der Waals surface area contributed by atoms with E-state index in [-0.39, 0.29) is 42.2 Å². The summed E-state index contributed by atoms with van der Waals surface area (Å²) in [6, 6.07) is 0.914. The first-order chi connectivity index (χ1) is 11.6. The lowest BCUT2D eigenvalue weighted by Crippen LogP contribution is -2.58. The summed E-state index contributed by atoms with van der Waals surface area (Å²) < 4.78 is 0. The minimum Gasteiger partial charge on any atom is -0.353 e. The minimum absolute atomic E-state index is 0. The van der Waals surface area contributed by atoms with Crippen LogP contribution in [-0.4, -0.2) is 47.9 Å². The third kappa shape index (κ3) is 4.88. The quantitative estimate of drug-likeness (QED) is 0.801. The molecule has 2 unspecified atom stereocenters. The Kier molecular flexibility index (Phi) is 7.56. The van der Waals surface area contributed by atoms with Gasteiger partial charge in [0.05, 0.1) is 0 Å². The van der Waals surface area contributed by atoms with E-state index in [1.165, 1.54) is 12.8 Å². The molecule has 6 heteroatoms. The summed E-state index contributed by atoms with van der Waals surface area (Å²) in [6.07, 6.45) is 8.23. The highest BCUT2D eigenvalue weighted by Crippen LogP contribution is 2.29. The summed E-state index contributed by atoms with van der Waals surface area (Å²) in [6.45, 7) is 6.01. The second kappa shape index (κ2) is 9.22. The van der Waals surface area contributed by atoms with Gasteiger partial charge in [0.1, 0.15) is 0 Å². The highest BCUT2D eigenvalue weighted by atomic mass is 35.5. The minimum atomic E-state index is 0. The fourth-order valence-electron chi connectivity index (χ4n) is 4.59. The number of amides is 2. The Labute approximate surface area is 158 Å². The third-order valence-electron chi connectivity index (χ3n) is 6.47. The van der Waals surface area contributed by atoms with Gasteiger partial charge in [-0.1, -0.05) is 12.8 Å². The first-order valence-corrected chi connectivity index (χ1v) is 9.90. The normalized spacial score (nSPS) is 33.6. The number of hydrogen-bond donors (Lipinski definition) is 2. The molecule has 0 aromatic carbocycles. The van der Waals surface area contributed by atoms with Crippen LogP contribution in [0.1, 0.15) is 65.2 Å². The molecule has 0 aromatic rings. The van der Waals surface area contributed by atoms with Crippen LogP contribution in [0, 0.1) is 11.8 Å². The van der Waals surface area contributed by atoms with Crippen LogP contribution in [0.15, 0.2) is 0 Å². The Morgan fingerprint density at radius 1 is 0.960 bits per heavy atom. The van der Waals surface area contributed by atoms with Crippen molar-refractivity contribution in [3.63, 3.8) is 0 Å². The van der Waals surface area contributed by atoms with Crippen LogP contribution < -0.4 is 10.6 Å². The lowest BCUT2D eigenvalue weighted by Gasteiger charge is -2.41. The average molecular weight is 372 g/mol. The molecule has 3 aliphatic rings. The summed E-state index contributed by atoms with van der Waals surface area (Å²) in [5.74, 6) is 0.980. The first kappa shape index (κ1) is 20.5. The van der Waals surface area contributed by atoms with Crippen molar-refractivity contribution in [2.45, 2.75) is 83.3 Å². The van der Waals surface area contributed by atoms with Crippen LogP contribution in [0.5, 0.6) is 0 Å². The number of hydrogen-bond acceptors (Lipinski definition) is 3. The predicted molar refractivity (Wildman–Crippen MR) is 102 cm³/mol. The third-order valence-corrected chi connectivity index (χ3v) is 6.47. The lowest BCUT2D eigenvalue weighted by molar-refractivity contribution is -0.140. The van der Waals surface area contributed by atoms with E-state index in [0.29, 0.717) is 11.9 Å². The molecule has 2 amide bonds. The average Bonchev–Trinajstić information content (AvgIpc) is 3.12. The smallest absolute Gasteiger partial charge is 0.226 e. The van der Waals surface area contributed by atoms with E-state index < -0.39 is 0 Å². The van der Waals surface area contributed by atoms with Crippen LogP contribution in [0.3, 0.4) is 0 Å². The molecule has 3 fully saturated rings. The number of rotatable bonds is 3. The summed E-state index contributed by atoms with van der Waals surface area (Å²) in [7, 11) is 0. The summed E-state index contributed by atoms with van der Waals surface area (Å²) in [5, 5.41) is 6.68. The Bertz CT molecular complexity index is 460. The van der Waals surface area contributed by atoms with E-state index in [1.54, 1.807) is 0 Å². The van der Waals surface area contributed by atoms with E-state index in [2.05, 4.69) is 29.4 Å². The monoisotopic (exact) mass is 371 g/mol. The molecule has 1 saturated heterocycles. The van der Waals surface area contributed by atoms with Gasteiger partial charge in [0.2, 0.25) is 11.8 Å². The zero-order chi connectivity index (χ0) is 17.1. The maximum atomic E-state index is 12.9. The SMILES string of the molecule is CC1NCCN(C(=O)C2CCC(NC(=O)C3CCCC3)CC2)C1C.Cl. The van der Waals surface area contributed by atoms with Crippen LogP contribution in [0.25, 0.3) is 0 Å². The van der Waals surface area contributed by atoms with E-state index >= 15 is 0 Å². The Morgan fingerprint density at radius 3 is 2.24 bits per heavy atom. The maximum Gasteiger partial charge on any atom is 0.226 e. The van der Waals surface area contributed by atoms with Crippen LogP contribution >= 0.6 is 12.4 Å². The summed E-state index contributed by atoms with van der Waals surface area (Å²) in [4.78, 5) is 27.2. The lowest BCUT2D eigenvalue weighted by atomic mass is 9.84. The summed E-state index contributed by atoms with van der Waals surface area (Å²) >= 11 is 0. The Balaban J connectivity index is 0.00000225. The van der Waals surface area contributed by atoms with Gasteiger partial charge in [-0.15, -0.1) is 12.4 Å². The summed E-state index contributed by atoms with van der Waals surface area (Å²) in [5.41, 5.74) is 0. The van der Waals surface area contributed by atoms with Crippen molar-refractivity contribution in [3.8, 4) is 0 Å². The van der Waals surface area contributed by atoms with Crippen molar-refractivity contribution in [3.05, 3.63) is 0 Å². The molecule has 2 N–H and O–H groups in total. The number of nitrogens with one attached hydrogen (secondary N) is 2. The van der Waals surface area contributed by atoms with Crippen LogP contribution in [0.2, 0.25) is 0 Å². The van der Waals surface area contributed by atoms with Gasteiger partial charge in [0.25, 0.3) is 0 Å². The van der Waals surface area contributed by atoms with E-state index in [9.17, 15) is 9.59 Å². The second-order valence-corrected chi connectivity index (χ2v) is 8.05. The standard InChI is InChI=1S/C19H33N3O2.ClH/c1-13-14(2)22(12-11-20-13)19(24)16-7-9-17(10-8-16)21-18(23)15-5-3-4-6-15;/h13-17,20H,3-12H2,1-2H3,(H,21,23);1H. The van der Waals surface area contributed by atoms with Crippen molar-refractivity contribution in [1.29, 1.82) is 0 Å². The number of piperazine rings is 1. The Morgan fingerprint density at radius 2 is 1.60 bits per heavy atom. The van der Waals surface area contributed by atoms with Crippen molar-refractivity contribution in [2.75, 3.05) is 13.1 Å². The fraction of sp³-hybridized carbons (Fsp3) is 0.895. The first-order valence-electron chi connectivity index (χ1n) is 9.90. The molecular formula is C19H34ClN3O2. The van der Waals surface area contributed by atoms with Gasteiger partial charge < -0.3 is 15.5 Å². The molecular weight excluding hydrogens is 338 g/mol. The van der Waals surface area contributed by atoms with Crippen LogP contribution in [0.4, 0.5) is 0 Å². The maximum absolute atomic E-state index is 12.9. The molecule has 0 radical (unpaired) electrons. The molecule has 2 saturated carbocycles. The topological polar surface area (TPSA) is 61.4 Å². The van der Waals surface area contributed by atoms with Gasteiger partial charge in [-0.2, -0.15) is 0 Å². The molecule has 2 aliphatic carbocycles. The van der Waals surface area contributed by atoms with Gasteiger partial charge in [0.15, 0.2) is 0 Å². The van der Waals surface area contributed by atoms with Crippen molar-refractivity contribution >= 4 is 24.2 Å². The van der Waals surface area contributed by atoms with Gasteiger partial charge in [-0.05, 0) is 52.4 Å². The van der Waals surface area contributed by atoms with E-state index in [1.807, 2.05) is 0 Å². The molecule has 0 bridgehead atoms. The number of halogens is 1. The number of carbonyl (C=O) groups excluding carboxylic acids is 2. The molecule has 0 spiro atoms. The molecule has 144 valence electrons. The Hall–Kier alpha value is -0.810. The van der Waals surface area contributed by atoms with Gasteiger partial charge >= 0.3 is 0 Å². The van der Waals surface area contributed by atoms with Crippen LogP contribution in [-0.2, 0) is 9.59 Å². The van der Waals surface area contributed by atoms with Gasteiger partial charge in [0, 0.05) is 43.1 Å². The molecule has 5 nitrogen and oxygen atoms in total. The molecule has 3 rings (SSSR count). The fourth-order valence-corrected chi connectivity index (χ4v) is 4.59. The number of nitrogens with zero attached hydrogens (tertiary/aromatic N) is 1. The van der Waals surface area contributed by atoms with Crippen molar-refractivity contribution < 1.29 is 9.59 Å². The zero-order valence-corrected chi connectivity index (χ0v) is 16.4. The van der Waals surface area contributed by atoms with E-state index in [4.69, 9.17) is 0 Å².